The van der Waals surface area contributed by atoms with Crippen LogP contribution in [-0.2, 0) is 13.6 Å². The zero-order valence-corrected chi connectivity index (χ0v) is 12.0. The second kappa shape index (κ2) is 7.35. The minimum atomic E-state index is -1.83. The minimum Gasteiger partial charge on any atom is -0.398 e. The summed E-state index contributed by atoms with van der Waals surface area (Å²) in [5.41, 5.74) is 0. The SMILES string of the molecule is CCCC(OCC)(N(C)C)[SiH](OC)OC. The van der Waals surface area contributed by atoms with E-state index in [1.807, 2.05) is 21.0 Å². The van der Waals surface area contributed by atoms with E-state index in [-0.39, 0.29) is 5.35 Å². The van der Waals surface area contributed by atoms with Gasteiger partial charge in [-0.05, 0) is 27.4 Å². The average molecular weight is 235 g/mol. The third kappa shape index (κ3) is 3.53. The van der Waals surface area contributed by atoms with E-state index in [0.29, 0.717) is 6.61 Å². The number of ether oxygens (including phenoxy) is 1. The third-order valence-electron chi connectivity index (χ3n) is 2.56. The van der Waals surface area contributed by atoms with Gasteiger partial charge in [-0.3, -0.25) is 4.90 Å². The van der Waals surface area contributed by atoms with Gasteiger partial charge in [-0.1, -0.05) is 13.3 Å². The zero-order chi connectivity index (χ0) is 11.9. The standard InChI is InChI=1S/C10H25NO3Si/c1-7-9-10(11(3)4,14-8-2)15(12-5)13-6/h15H,7-9H2,1-6H3. The highest BCUT2D eigenvalue weighted by Crippen LogP contribution is 2.25. The van der Waals surface area contributed by atoms with E-state index in [1.165, 1.54) is 0 Å². The van der Waals surface area contributed by atoms with Gasteiger partial charge in [0.1, 0.15) is 0 Å². The highest BCUT2D eigenvalue weighted by Gasteiger charge is 2.44. The molecule has 0 fully saturated rings. The first kappa shape index (κ1) is 15.1. The Bertz CT molecular complexity index is 157. The number of hydrogen-bond donors (Lipinski definition) is 0. The molecule has 0 saturated carbocycles. The van der Waals surface area contributed by atoms with Crippen LogP contribution in [0.15, 0.2) is 0 Å². The summed E-state index contributed by atoms with van der Waals surface area (Å²) in [4.78, 5) is 2.09. The highest BCUT2D eigenvalue weighted by molar-refractivity contribution is 6.48. The molecule has 0 saturated heterocycles. The van der Waals surface area contributed by atoms with Crippen molar-refractivity contribution in [3.8, 4) is 0 Å². The molecule has 5 heteroatoms. The van der Waals surface area contributed by atoms with Gasteiger partial charge in [-0.25, -0.2) is 0 Å². The van der Waals surface area contributed by atoms with Crippen molar-refractivity contribution in [2.24, 2.45) is 0 Å². The van der Waals surface area contributed by atoms with Crippen molar-refractivity contribution in [3.63, 3.8) is 0 Å². The summed E-state index contributed by atoms with van der Waals surface area (Å²) >= 11 is 0. The lowest BCUT2D eigenvalue weighted by Gasteiger charge is -2.42. The largest absolute Gasteiger partial charge is 0.398 e. The minimum absolute atomic E-state index is 0.354. The second-order valence-corrected chi connectivity index (χ2v) is 6.23. The number of hydrogen-bond acceptors (Lipinski definition) is 4. The molecule has 0 aromatic carbocycles. The lowest BCUT2D eigenvalue weighted by molar-refractivity contribution is -0.102. The molecule has 1 atom stereocenters. The van der Waals surface area contributed by atoms with E-state index in [2.05, 4.69) is 11.8 Å². The lowest BCUT2D eigenvalue weighted by atomic mass is 10.3. The summed E-state index contributed by atoms with van der Waals surface area (Å²) in [7, 11) is 5.61. The van der Waals surface area contributed by atoms with Crippen LogP contribution >= 0.6 is 0 Å². The first-order chi connectivity index (χ1) is 7.08. The number of rotatable bonds is 8. The maximum Gasteiger partial charge on any atom is 0.369 e. The van der Waals surface area contributed by atoms with Crippen molar-refractivity contribution in [2.45, 2.75) is 32.0 Å². The van der Waals surface area contributed by atoms with Gasteiger partial charge in [0.15, 0.2) is 5.35 Å². The molecule has 0 aromatic rings. The van der Waals surface area contributed by atoms with Crippen LogP contribution in [0.3, 0.4) is 0 Å². The molecule has 0 radical (unpaired) electrons. The summed E-state index contributed by atoms with van der Waals surface area (Å²) in [5, 5.41) is -0.354. The van der Waals surface area contributed by atoms with Crippen LogP contribution in [0.25, 0.3) is 0 Å². The Labute approximate surface area is 95.3 Å². The van der Waals surface area contributed by atoms with Crippen molar-refractivity contribution in [1.29, 1.82) is 0 Å². The fourth-order valence-corrected chi connectivity index (χ4v) is 4.07. The first-order valence-corrected chi connectivity index (χ1v) is 6.98. The molecular formula is C10H25NO3Si. The highest BCUT2D eigenvalue weighted by atomic mass is 28.3. The summed E-state index contributed by atoms with van der Waals surface area (Å²) in [6.07, 6.45) is 1.99. The molecule has 0 heterocycles. The molecule has 1 unspecified atom stereocenters. The van der Waals surface area contributed by atoms with Gasteiger partial charge < -0.3 is 13.6 Å². The molecular weight excluding hydrogens is 210 g/mol. The van der Waals surface area contributed by atoms with Gasteiger partial charge in [-0.2, -0.15) is 0 Å². The van der Waals surface area contributed by atoms with Crippen LogP contribution in [0, 0.1) is 0 Å². The molecule has 15 heavy (non-hydrogen) atoms. The molecule has 0 aliphatic rings. The molecule has 0 spiro atoms. The van der Waals surface area contributed by atoms with Crippen molar-refractivity contribution >= 4 is 9.28 Å². The van der Waals surface area contributed by atoms with E-state index in [0.717, 1.165) is 12.8 Å². The Balaban J connectivity index is 4.89. The van der Waals surface area contributed by atoms with Crippen molar-refractivity contribution in [1.82, 2.24) is 4.90 Å². The lowest BCUT2D eigenvalue weighted by Crippen LogP contribution is -2.60. The summed E-state index contributed by atoms with van der Waals surface area (Å²) in [6.45, 7) is 4.83. The Kier molecular flexibility index (Phi) is 7.38. The average Bonchev–Trinajstić information content (AvgIpc) is 2.19. The van der Waals surface area contributed by atoms with E-state index >= 15 is 0 Å². The van der Waals surface area contributed by atoms with Crippen molar-refractivity contribution < 1.29 is 13.6 Å². The van der Waals surface area contributed by atoms with Crippen LogP contribution in [0.2, 0.25) is 0 Å². The predicted molar refractivity (Wildman–Crippen MR) is 64.1 cm³/mol. The quantitative estimate of drug-likeness (QED) is 0.466. The maximum absolute atomic E-state index is 5.91. The summed E-state index contributed by atoms with van der Waals surface area (Å²) in [6, 6.07) is 0. The monoisotopic (exact) mass is 235 g/mol. The van der Waals surface area contributed by atoms with Gasteiger partial charge in [0, 0.05) is 20.8 Å². The summed E-state index contributed by atoms with van der Waals surface area (Å²) in [5.74, 6) is 0. The molecule has 0 aliphatic carbocycles. The fourth-order valence-electron chi connectivity index (χ4n) is 1.89. The second-order valence-electron chi connectivity index (χ2n) is 3.73. The molecule has 0 aromatic heterocycles. The van der Waals surface area contributed by atoms with E-state index in [9.17, 15) is 0 Å². The summed E-state index contributed by atoms with van der Waals surface area (Å²) < 4.78 is 16.9. The van der Waals surface area contributed by atoms with Gasteiger partial charge in [0.2, 0.25) is 0 Å². The van der Waals surface area contributed by atoms with E-state index in [1.54, 1.807) is 14.2 Å². The fraction of sp³-hybridized carbons (Fsp3) is 1.00. The Morgan fingerprint density at radius 1 is 1.13 bits per heavy atom. The van der Waals surface area contributed by atoms with Crippen LogP contribution in [0.1, 0.15) is 26.7 Å². The van der Waals surface area contributed by atoms with Gasteiger partial charge in [0.25, 0.3) is 0 Å². The molecule has 0 aliphatic heterocycles. The van der Waals surface area contributed by atoms with E-state index in [4.69, 9.17) is 13.6 Å². The number of nitrogens with zero attached hydrogens (tertiary/aromatic N) is 1. The molecule has 92 valence electrons. The first-order valence-electron chi connectivity index (χ1n) is 5.46. The zero-order valence-electron chi connectivity index (χ0n) is 10.9. The third-order valence-corrected chi connectivity index (χ3v) is 5.12. The van der Waals surface area contributed by atoms with Crippen LogP contribution in [0.4, 0.5) is 0 Å². The van der Waals surface area contributed by atoms with E-state index < -0.39 is 9.28 Å². The smallest absolute Gasteiger partial charge is 0.369 e. The van der Waals surface area contributed by atoms with Crippen molar-refractivity contribution in [3.05, 3.63) is 0 Å². The van der Waals surface area contributed by atoms with Gasteiger partial charge in [0.05, 0.1) is 0 Å². The maximum atomic E-state index is 5.91. The normalized spacial score (nSPS) is 16.0. The Morgan fingerprint density at radius 3 is 1.93 bits per heavy atom. The van der Waals surface area contributed by atoms with Crippen LogP contribution < -0.4 is 0 Å². The topological polar surface area (TPSA) is 30.9 Å². The molecule has 0 bridgehead atoms. The van der Waals surface area contributed by atoms with Crippen molar-refractivity contribution in [2.75, 3.05) is 34.9 Å². The van der Waals surface area contributed by atoms with Crippen LogP contribution in [0.5, 0.6) is 0 Å². The van der Waals surface area contributed by atoms with Gasteiger partial charge in [-0.15, -0.1) is 0 Å². The molecule has 4 nitrogen and oxygen atoms in total. The Hall–Kier alpha value is 0.0569. The van der Waals surface area contributed by atoms with Crippen LogP contribution in [-0.4, -0.2) is 54.5 Å². The predicted octanol–water partition coefficient (Wildman–Crippen LogP) is 1.13. The van der Waals surface area contributed by atoms with Gasteiger partial charge >= 0.3 is 9.28 Å². The Morgan fingerprint density at radius 2 is 1.67 bits per heavy atom. The molecule has 0 rings (SSSR count). The molecule has 0 amide bonds. The molecule has 0 N–H and O–H groups in total.